The van der Waals surface area contributed by atoms with Crippen molar-refractivity contribution in [1.82, 2.24) is 9.78 Å². The molecule has 11 heteroatoms. The number of hydrogen-bond donors (Lipinski definition) is 0. The first-order chi connectivity index (χ1) is 13.1. The summed E-state index contributed by atoms with van der Waals surface area (Å²) in [6, 6.07) is 0. The fourth-order valence-corrected chi connectivity index (χ4v) is 1.78. The Kier molecular flexibility index (Phi) is 7.77. The number of hydrogen-bond acceptors (Lipinski definition) is 4. The summed E-state index contributed by atoms with van der Waals surface area (Å²) in [5, 5.41) is 7.34. The van der Waals surface area contributed by atoms with Crippen molar-refractivity contribution in [3.63, 3.8) is 0 Å². The minimum atomic E-state index is -5.75. The van der Waals surface area contributed by atoms with E-state index in [1.165, 1.54) is 14.0 Å². The van der Waals surface area contributed by atoms with Gasteiger partial charge in [0, 0.05) is 18.5 Å². The fraction of sp³-hybridized carbons (Fsp3) is 0.556. The molecule has 0 unspecified atom stereocenters. The average Bonchev–Trinajstić information content (AvgIpc) is 2.80. The lowest BCUT2D eigenvalue weighted by Crippen LogP contribution is -2.42. The molecular weight excluding hydrogens is 404 g/mol. The molecule has 0 atom stereocenters. The first-order valence-corrected chi connectivity index (χ1v) is 8.27. The molecule has 1 aromatic rings. The second kappa shape index (κ2) is 9.24. The predicted molar refractivity (Wildman–Crippen MR) is 94.4 cm³/mol. The lowest BCUT2D eigenvalue weighted by molar-refractivity contribution is -0.290. The Morgan fingerprint density at radius 1 is 1.21 bits per heavy atom. The molecule has 0 saturated heterocycles. The number of alkyl halides is 5. The van der Waals surface area contributed by atoms with E-state index in [-0.39, 0.29) is 22.6 Å². The molecule has 0 fully saturated rings. The van der Waals surface area contributed by atoms with E-state index in [4.69, 9.17) is 4.84 Å². The highest BCUT2D eigenvalue weighted by atomic mass is 19.4. The van der Waals surface area contributed by atoms with Gasteiger partial charge < -0.3 is 9.57 Å². The summed E-state index contributed by atoms with van der Waals surface area (Å²) in [5.41, 5.74) is -0.0490. The van der Waals surface area contributed by atoms with E-state index in [2.05, 4.69) is 26.8 Å². The van der Waals surface area contributed by atoms with E-state index < -0.39 is 31.1 Å². The molecule has 0 aromatic carbocycles. The quantitative estimate of drug-likeness (QED) is 0.279. The average molecular weight is 425 g/mol. The number of nitrogens with zero attached hydrogens (tertiary/aromatic N) is 3. The zero-order chi connectivity index (χ0) is 22.5. The van der Waals surface area contributed by atoms with Crippen LogP contribution in [0.15, 0.2) is 17.1 Å². The van der Waals surface area contributed by atoms with Crippen molar-refractivity contribution < 1.29 is 35.9 Å². The van der Waals surface area contributed by atoms with E-state index >= 15 is 0 Å². The molecule has 1 rings (SSSR count). The van der Waals surface area contributed by atoms with Crippen LogP contribution in [-0.4, -0.2) is 41.3 Å². The van der Waals surface area contributed by atoms with E-state index in [0.29, 0.717) is 0 Å². The molecule has 0 amide bonds. The lowest BCUT2D eigenvalue weighted by atomic mass is 9.98. The van der Waals surface area contributed by atoms with Crippen molar-refractivity contribution in [2.24, 2.45) is 17.6 Å². The van der Waals surface area contributed by atoms with Gasteiger partial charge in [-0.2, -0.15) is 27.1 Å². The van der Waals surface area contributed by atoms with Crippen LogP contribution in [0.25, 0.3) is 0 Å². The van der Waals surface area contributed by atoms with Crippen molar-refractivity contribution in [3.8, 4) is 17.7 Å². The Morgan fingerprint density at radius 2 is 1.83 bits per heavy atom. The molecule has 0 aliphatic heterocycles. The van der Waals surface area contributed by atoms with Gasteiger partial charge in [-0.3, -0.25) is 0 Å². The van der Waals surface area contributed by atoms with Gasteiger partial charge in [0.15, 0.2) is 13.2 Å². The molecule has 0 saturated carbocycles. The number of allylic oxidation sites excluding steroid dienone is 1. The molecule has 0 N–H and O–H groups in total. The molecule has 0 aliphatic carbocycles. The second-order valence-corrected chi connectivity index (χ2v) is 7.04. The van der Waals surface area contributed by atoms with Crippen LogP contribution >= 0.6 is 0 Å². The monoisotopic (exact) mass is 425 g/mol. The van der Waals surface area contributed by atoms with Gasteiger partial charge in [0.2, 0.25) is 5.88 Å². The van der Waals surface area contributed by atoms with Crippen LogP contribution in [0, 0.1) is 24.2 Å². The summed E-state index contributed by atoms with van der Waals surface area (Å²) < 4.78 is 82.1. The molecule has 0 aliphatic rings. The number of rotatable bonds is 7. The van der Waals surface area contributed by atoms with Gasteiger partial charge in [-0.05, 0) is 27.7 Å². The molecular formula is C18H21F6N3O2. The highest BCUT2D eigenvalue weighted by molar-refractivity contribution is 5.83. The van der Waals surface area contributed by atoms with E-state index in [1.807, 2.05) is 20.8 Å². The third-order valence-corrected chi connectivity index (χ3v) is 3.15. The number of ether oxygens (including phenoxy) is 1. The fourth-order valence-electron chi connectivity index (χ4n) is 1.78. The molecule has 1 aromatic heterocycles. The topological polar surface area (TPSA) is 48.6 Å². The van der Waals surface area contributed by atoms with Crippen LogP contribution < -0.4 is 4.74 Å². The molecule has 29 heavy (non-hydrogen) atoms. The van der Waals surface area contributed by atoms with Crippen molar-refractivity contribution in [3.05, 3.63) is 23.2 Å². The molecule has 0 spiro atoms. The Labute approximate surface area is 164 Å². The van der Waals surface area contributed by atoms with Crippen LogP contribution in [0.3, 0.4) is 0 Å². The van der Waals surface area contributed by atoms with Gasteiger partial charge in [0.1, 0.15) is 5.83 Å². The van der Waals surface area contributed by atoms with Crippen molar-refractivity contribution in [2.75, 3.05) is 13.2 Å². The highest BCUT2D eigenvalue weighted by Crippen LogP contribution is 2.36. The lowest BCUT2D eigenvalue weighted by Gasteiger charge is -2.19. The predicted octanol–water partition coefficient (Wildman–Crippen LogP) is 4.56. The Morgan fingerprint density at radius 3 is 2.38 bits per heavy atom. The van der Waals surface area contributed by atoms with E-state index in [0.717, 1.165) is 17.0 Å². The Balaban J connectivity index is 2.80. The molecule has 5 nitrogen and oxygen atoms in total. The minimum absolute atomic E-state index is 0.0161. The third-order valence-electron chi connectivity index (χ3n) is 3.15. The maximum Gasteiger partial charge on any atom is 0.456 e. The maximum absolute atomic E-state index is 13.6. The first-order valence-electron chi connectivity index (χ1n) is 8.27. The van der Waals surface area contributed by atoms with Crippen LogP contribution in [0.5, 0.6) is 5.88 Å². The first kappa shape index (κ1) is 24.4. The van der Waals surface area contributed by atoms with Crippen LogP contribution in [0.4, 0.5) is 26.3 Å². The summed E-state index contributed by atoms with van der Waals surface area (Å²) in [6.07, 6.45) is -3.75. The normalized spacial score (nSPS) is 13.4. The van der Waals surface area contributed by atoms with E-state index in [9.17, 15) is 26.3 Å². The summed E-state index contributed by atoms with van der Waals surface area (Å²) in [4.78, 5) is 4.74. The highest BCUT2D eigenvalue weighted by Gasteiger charge is 2.58. The van der Waals surface area contributed by atoms with Crippen molar-refractivity contribution >= 4 is 6.21 Å². The molecule has 162 valence electrons. The second-order valence-electron chi connectivity index (χ2n) is 7.04. The zero-order valence-corrected chi connectivity index (χ0v) is 16.5. The molecule has 0 bridgehead atoms. The largest absolute Gasteiger partial charge is 0.471 e. The van der Waals surface area contributed by atoms with Crippen molar-refractivity contribution in [1.29, 1.82) is 0 Å². The Hall–Kier alpha value is -2.64. The standard InChI is InChI=1S/C18H21F6N3O2/c1-12-14(9-25-29-10-13(19)7-6-8-16(2,3)4)15(27(5)26-12)28-11-17(20,21)18(22,23)24/h7,9H,10-11H2,1-5H3. The summed E-state index contributed by atoms with van der Waals surface area (Å²) >= 11 is 0. The summed E-state index contributed by atoms with van der Waals surface area (Å²) in [6.45, 7) is 4.55. The van der Waals surface area contributed by atoms with Crippen molar-refractivity contribution in [2.45, 2.75) is 39.8 Å². The summed E-state index contributed by atoms with van der Waals surface area (Å²) in [7, 11) is 1.29. The van der Waals surface area contributed by atoms with Crippen LogP contribution in [-0.2, 0) is 11.9 Å². The minimum Gasteiger partial charge on any atom is -0.471 e. The molecule has 0 radical (unpaired) electrons. The van der Waals surface area contributed by atoms with Gasteiger partial charge in [-0.25, -0.2) is 9.07 Å². The zero-order valence-electron chi connectivity index (χ0n) is 16.5. The van der Waals surface area contributed by atoms with Gasteiger partial charge in [0.05, 0.1) is 17.5 Å². The SMILES string of the molecule is Cc1nn(C)c(OCC(F)(F)C(F)(F)F)c1C=NOCC(F)=CC#CC(C)(C)C. The van der Waals surface area contributed by atoms with Gasteiger partial charge in [0.25, 0.3) is 0 Å². The van der Waals surface area contributed by atoms with Crippen LogP contribution in [0.1, 0.15) is 32.0 Å². The van der Waals surface area contributed by atoms with Gasteiger partial charge in [-0.15, -0.1) is 0 Å². The Bertz CT molecular complexity index is 824. The summed E-state index contributed by atoms with van der Waals surface area (Å²) in [5.74, 6) is -0.791. The van der Waals surface area contributed by atoms with Crippen LogP contribution in [0.2, 0.25) is 0 Å². The smallest absolute Gasteiger partial charge is 0.456 e. The number of oxime groups is 1. The van der Waals surface area contributed by atoms with E-state index in [1.54, 1.807) is 0 Å². The number of halogens is 6. The number of aryl methyl sites for hydroxylation is 2. The number of aromatic nitrogens is 2. The molecule has 1 heterocycles. The third kappa shape index (κ3) is 7.71. The van der Waals surface area contributed by atoms with Gasteiger partial charge in [-0.1, -0.05) is 17.0 Å². The van der Waals surface area contributed by atoms with Gasteiger partial charge >= 0.3 is 12.1 Å². The maximum atomic E-state index is 13.6.